The molecular formula is C15H22ClFN2O2S. The quantitative estimate of drug-likeness (QED) is 0.911. The van der Waals surface area contributed by atoms with Gasteiger partial charge in [0.15, 0.2) is 9.84 Å². The van der Waals surface area contributed by atoms with Crippen LogP contribution in [-0.4, -0.2) is 39.8 Å². The van der Waals surface area contributed by atoms with Gasteiger partial charge in [0.25, 0.3) is 0 Å². The second kappa shape index (κ2) is 7.15. The van der Waals surface area contributed by atoms with E-state index in [4.69, 9.17) is 0 Å². The molecular weight excluding hydrogens is 327 g/mol. The fraction of sp³-hybridized carbons (Fsp3) is 0.600. The number of anilines is 1. The van der Waals surface area contributed by atoms with E-state index < -0.39 is 15.7 Å². The minimum Gasteiger partial charge on any atom is -0.367 e. The molecule has 2 aliphatic rings. The van der Waals surface area contributed by atoms with Crippen LogP contribution < -0.4 is 10.2 Å². The predicted molar refractivity (Wildman–Crippen MR) is 88.2 cm³/mol. The minimum absolute atomic E-state index is 0. The normalized spacial score (nSPS) is 20.0. The van der Waals surface area contributed by atoms with Gasteiger partial charge < -0.3 is 10.2 Å². The molecule has 1 saturated heterocycles. The average molecular weight is 349 g/mol. The molecule has 3 rings (SSSR count). The van der Waals surface area contributed by atoms with Gasteiger partial charge in [0.2, 0.25) is 0 Å². The standard InChI is InChI=1S/C15H21FN2O2S.ClH/c16-14-11-13(21(19,20)12-3-1-2-4-12)5-6-15(14)18-9-7-17-8-10-18;/h5-6,11-12,17H,1-4,7-10H2;1H. The summed E-state index contributed by atoms with van der Waals surface area (Å²) in [5.41, 5.74) is 0.502. The van der Waals surface area contributed by atoms with Crippen LogP contribution in [0.2, 0.25) is 0 Å². The van der Waals surface area contributed by atoms with Crippen molar-refractivity contribution in [3.8, 4) is 0 Å². The van der Waals surface area contributed by atoms with Gasteiger partial charge in [-0.1, -0.05) is 12.8 Å². The highest BCUT2D eigenvalue weighted by Gasteiger charge is 2.31. The van der Waals surface area contributed by atoms with Gasteiger partial charge in [-0.05, 0) is 31.0 Å². The van der Waals surface area contributed by atoms with Crippen LogP contribution in [0.15, 0.2) is 23.1 Å². The second-order valence-electron chi connectivity index (χ2n) is 5.80. The van der Waals surface area contributed by atoms with Crippen molar-refractivity contribution < 1.29 is 12.8 Å². The zero-order valence-corrected chi connectivity index (χ0v) is 14.1. The predicted octanol–water partition coefficient (Wildman–Crippen LogP) is 2.37. The van der Waals surface area contributed by atoms with E-state index in [0.29, 0.717) is 18.5 Å². The molecule has 7 heteroatoms. The number of sulfone groups is 1. The highest BCUT2D eigenvalue weighted by atomic mass is 35.5. The summed E-state index contributed by atoms with van der Waals surface area (Å²) >= 11 is 0. The lowest BCUT2D eigenvalue weighted by Gasteiger charge is -2.29. The lowest BCUT2D eigenvalue weighted by atomic mass is 10.2. The Morgan fingerprint density at radius 1 is 1.14 bits per heavy atom. The molecule has 0 aromatic heterocycles. The number of halogens is 2. The Kier molecular flexibility index (Phi) is 5.69. The molecule has 1 aliphatic carbocycles. The smallest absolute Gasteiger partial charge is 0.181 e. The molecule has 2 fully saturated rings. The molecule has 22 heavy (non-hydrogen) atoms. The van der Waals surface area contributed by atoms with E-state index in [1.165, 1.54) is 6.07 Å². The third kappa shape index (κ3) is 3.39. The summed E-state index contributed by atoms with van der Waals surface area (Å²) in [7, 11) is -3.38. The van der Waals surface area contributed by atoms with Crippen molar-refractivity contribution in [2.45, 2.75) is 35.8 Å². The highest BCUT2D eigenvalue weighted by molar-refractivity contribution is 7.92. The van der Waals surface area contributed by atoms with E-state index in [-0.39, 0.29) is 22.6 Å². The van der Waals surface area contributed by atoms with Crippen molar-refractivity contribution in [3.05, 3.63) is 24.0 Å². The van der Waals surface area contributed by atoms with Crippen LogP contribution in [0.1, 0.15) is 25.7 Å². The molecule has 0 radical (unpaired) electrons. The maximum atomic E-state index is 14.3. The summed E-state index contributed by atoms with van der Waals surface area (Å²) in [6.07, 6.45) is 3.30. The minimum atomic E-state index is -3.38. The van der Waals surface area contributed by atoms with Crippen molar-refractivity contribution in [1.29, 1.82) is 0 Å². The third-order valence-electron chi connectivity index (χ3n) is 4.45. The van der Waals surface area contributed by atoms with Gasteiger partial charge in [-0.15, -0.1) is 12.4 Å². The van der Waals surface area contributed by atoms with Gasteiger partial charge in [0.05, 0.1) is 15.8 Å². The average Bonchev–Trinajstić information content (AvgIpc) is 3.03. The van der Waals surface area contributed by atoms with E-state index >= 15 is 0 Å². The van der Waals surface area contributed by atoms with Crippen LogP contribution in [0.3, 0.4) is 0 Å². The van der Waals surface area contributed by atoms with E-state index in [1.807, 2.05) is 4.90 Å². The lowest BCUT2D eigenvalue weighted by molar-refractivity contribution is 0.561. The second-order valence-corrected chi connectivity index (χ2v) is 8.03. The molecule has 1 heterocycles. The monoisotopic (exact) mass is 348 g/mol. The van der Waals surface area contributed by atoms with Crippen LogP contribution in [0.5, 0.6) is 0 Å². The summed E-state index contributed by atoms with van der Waals surface area (Å²) in [5, 5.41) is 2.89. The van der Waals surface area contributed by atoms with Gasteiger partial charge in [-0.3, -0.25) is 0 Å². The van der Waals surface area contributed by atoms with Crippen molar-refractivity contribution in [2.24, 2.45) is 0 Å². The molecule has 1 aliphatic heterocycles. The first-order valence-corrected chi connectivity index (χ1v) is 9.13. The maximum Gasteiger partial charge on any atom is 0.181 e. The molecule has 1 aromatic rings. The Morgan fingerprint density at radius 3 is 2.36 bits per heavy atom. The number of nitrogens with zero attached hydrogens (tertiary/aromatic N) is 1. The Labute approximate surface area is 137 Å². The van der Waals surface area contributed by atoms with Crippen LogP contribution in [0.25, 0.3) is 0 Å². The first kappa shape index (κ1) is 17.5. The van der Waals surface area contributed by atoms with Crippen molar-refractivity contribution in [2.75, 3.05) is 31.1 Å². The van der Waals surface area contributed by atoms with Crippen LogP contribution in [-0.2, 0) is 9.84 Å². The fourth-order valence-electron chi connectivity index (χ4n) is 3.22. The number of hydrogen-bond donors (Lipinski definition) is 1. The highest BCUT2D eigenvalue weighted by Crippen LogP contribution is 2.31. The summed E-state index contributed by atoms with van der Waals surface area (Å²) in [6.45, 7) is 3.13. The molecule has 1 aromatic carbocycles. The van der Waals surface area contributed by atoms with E-state index in [0.717, 1.165) is 39.0 Å². The molecule has 0 bridgehead atoms. The summed E-state index contributed by atoms with van der Waals surface area (Å²) < 4.78 is 39.3. The molecule has 0 unspecified atom stereocenters. The first-order chi connectivity index (χ1) is 10.1. The van der Waals surface area contributed by atoms with Crippen molar-refractivity contribution in [1.82, 2.24) is 5.32 Å². The summed E-state index contributed by atoms with van der Waals surface area (Å²) in [6, 6.07) is 4.38. The van der Waals surface area contributed by atoms with Crippen LogP contribution in [0, 0.1) is 5.82 Å². The van der Waals surface area contributed by atoms with E-state index in [1.54, 1.807) is 12.1 Å². The van der Waals surface area contributed by atoms with Crippen LogP contribution in [0.4, 0.5) is 10.1 Å². The van der Waals surface area contributed by atoms with Crippen molar-refractivity contribution in [3.63, 3.8) is 0 Å². The Balaban J connectivity index is 0.00000176. The van der Waals surface area contributed by atoms with Crippen molar-refractivity contribution >= 4 is 27.9 Å². The SMILES string of the molecule is Cl.O=S(=O)(c1ccc(N2CCNCC2)c(F)c1)C1CCCC1. The molecule has 0 atom stereocenters. The summed E-state index contributed by atoms with van der Waals surface area (Å²) in [4.78, 5) is 2.09. The molecule has 1 saturated carbocycles. The Morgan fingerprint density at radius 2 is 1.77 bits per heavy atom. The van der Waals surface area contributed by atoms with Gasteiger partial charge in [0.1, 0.15) is 5.82 Å². The number of benzene rings is 1. The number of hydrogen-bond acceptors (Lipinski definition) is 4. The fourth-order valence-corrected chi connectivity index (χ4v) is 5.08. The molecule has 0 amide bonds. The summed E-state index contributed by atoms with van der Waals surface area (Å²) in [5.74, 6) is -0.434. The molecule has 124 valence electrons. The van der Waals surface area contributed by atoms with E-state index in [2.05, 4.69) is 5.32 Å². The zero-order chi connectivity index (χ0) is 14.9. The van der Waals surface area contributed by atoms with E-state index in [9.17, 15) is 12.8 Å². The third-order valence-corrected chi connectivity index (χ3v) is 6.71. The van der Waals surface area contributed by atoms with Gasteiger partial charge in [-0.25, -0.2) is 12.8 Å². The molecule has 1 N–H and O–H groups in total. The van der Waals surface area contributed by atoms with Gasteiger partial charge in [0, 0.05) is 26.2 Å². The maximum absolute atomic E-state index is 14.3. The lowest BCUT2D eigenvalue weighted by Crippen LogP contribution is -2.43. The molecule has 0 spiro atoms. The number of rotatable bonds is 3. The topological polar surface area (TPSA) is 49.4 Å². The largest absolute Gasteiger partial charge is 0.367 e. The Bertz CT molecular complexity index is 612. The Hall–Kier alpha value is -0.850. The zero-order valence-electron chi connectivity index (χ0n) is 12.4. The van der Waals surface area contributed by atoms with Gasteiger partial charge >= 0.3 is 0 Å². The number of piperazine rings is 1. The first-order valence-electron chi connectivity index (χ1n) is 7.58. The van der Waals surface area contributed by atoms with Crippen LogP contribution >= 0.6 is 12.4 Å². The van der Waals surface area contributed by atoms with Gasteiger partial charge in [-0.2, -0.15) is 0 Å². The number of nitrogens with one attached hydrogen (secondary N) is 1. The molecule has 4 nitrogen and oxygen atoms in total.